The van der Waals surface area contributed by atoms with Gasteiger partial charge in [-0.2, -0.15) is 0 Å². The third kappa shape index (κ3) is 5.38. The van der Waals surface area contributed by atoms with E-state index in [0.717, 1.165) is 11.3 Å². The fraction of sp³-hybridized carbons (Fsp3) is 0.208. The van der Waals surface area contributed by atoms with Crippen LogP contribution >= 0.6 is 22.9 Å². The molecule has 9 nitrogen and oxygen atoms in total. The van der Waals surface area contributed by atoms with E-state index < -0.39 is 17.0 Å². The first-order valence-corrected chi connectivity index (χ1v) is 13.1. The number of hydrogen-bond acceptors (Lipinski definition) is 9. The van der Waals surface area contributed by atoms with E-state index in [-0.39, 0.29) is 24.1 Å². The van der Waals surface area contributed by atoms with Crippen LogP contribution < -0.4 is 9.04 Å². The number of phenolic OH excluding ortho intramolecular Hbond substituents is 1. The average molecular weight is 548 g/mol. The fourth-order valence-corrected chi connectivity index (χ4v) is 5.86. The van der Waals surface area contributed by atoms with Gasteiger partial charge in [0.15, 0.2) is 22.5 Å². The van der Waals surface area contributed by atoms with Crippen LogP contribution in [0.15, 0.2) is 57.8 Å². The number of aromatic hydroxyl groups is 1. The summed E-state index contributed by atoms with van der Waals surface area (Å²) in [5, 5.41) is 18.4. The molecule has 2 aromatic heterocycles. The van der Waals surface area contributed by atoms with Crippen molar-refractivity contribution >= 4 is 45.6 Å². The zero-order valence-corrected chi connectivity index (χ0v) is 21.9. The van der Waals surface area contributed by atoms with Crippen molar-refractivity contribution in [3.8, 4) is 33.7 Å². The summed E-state index contributed by atoms with van der Waals surface area (Å²) in [6.45, 7) is 4.22. The van der Waals surface area contributed by atoms with Gasteiger partial charge in [0.2, 0.25) is 5.89 Å². The zero-order valence-electron chi connectivity index (χ0n) is 19.6. The number of phenols is 1. The van der Waals surface area contributed by atoms with Crippen LogP contribution in [0.3, 0.4) is 0 Å². The molecule has 1 unspecified atom stereocenters. The maximum absolute atomic E-state index is 13.5. The topological polar surface area (TPSA) is 115 Å². The van der Waals surface area contributed by atoms with Crippen LogP contribution in [0.4, 0.5) is 5.69 Å². The second-order valence-corrected chi connectivity index (χ2v) is 10.5. The van der Waals surface area contributed by atoms with E-state index in [1.807, 2.05) is 6.92 Å². The Kier molecular flexibility index (Phi) is 7.92. The summed E-state index contributed by atoms with van der Waals surface area (Å²) in [4.78, 5) is 12.9. The summed E-state index contributed by atoms with van der Waals surface area (Å²) < 4.78 is 31.6. The molecule has 0 amide bonds. The van der Waals surface area contributed by atoms with Gasteiger partial charge in [-0.1, -0.05) is 17.7 Å². The number of carbonyl (C=O) groups is 1. The predicted octanol–water partition coefficient (Wildman–Crippen LogP) is 5.56. The van der Waals surface area contributed by atoms with Crippen LogP contribution in [-0.4, -0.2) is 45.7 Å². The third-order valence-electron chi connectivity index (χ3n) is 4.95. The lowest BCUT2D eigenvalue weighted by molar-refractivity contribution is 0.0526. The van der Waals surface area contributed by atoms with Gasteiger partial charge >= 0.3 is 5.97 Å². The van der Waals surface area contributed by atoms with E-state index in [9.17, 15) is 14.1 Å². The number of thiophene rings is 1. The number of ether oxygens (including phenoxy) is 2. The minimum atomic E-state index is -1.72. The monoisotopic (exact) mass is 547 g/mol. The number of esters is 1. The molecular weight excluding hydrogens is 526 g/mol. The number of rotatable bonds is 9. The van der Waals surface area contributed by atoms with Crippen LogP contribution in [0.5, 0.6) is 11.5 Å². The van der Waals surface area contributed by atoms with Gasteiger partial charge in [-0.15, -0.1) is 21.5 Å². The number of hydrogen-bond donors (Lipinski definition) is 1. The Morgan fingerprint density at radius 2 is 1.92 bits per heavy atom. The summed E-state index contributed by atoms with van der Waals surface area (Å²) in [5.74, 6) is 0.139. The molecule has 4 rings (SSSR count). The fourth-order valence-electron chi connectivity index (χ4n) is 3.27. The van der Waals surface area contributed by atoms with Crippen molar-refractivity contribution in [3.63, 3.8) is 0 Å². The van der Waals surface area contributed by atoms with Crippen molar-refractivity contribution in [2.45, 2.75) is 18.7 Å². The van der Waals surface area contributed by atoms with Crippen molar-refractivity contribution in [3.05, 3.63) is 58.4 Å². The molecule has 0 fully saturated rings. The number of anilines is 1. The highest BCUT2D eigenvalue weighted by molar-refractivity contribution is 7.86. The third-order valence-corrected chi connectivity index (χ3v) is 7.74. The number of carbonyl (C=O) groups excluding carboxylic acids is 1. The molecular formula is C24H22ClN3O6S2. The van der Waals surface area contributed by atoms with Crippen LogP contribution in [0.25, 0.3) is 22.2 Å². The molecule has 0 saturated carbocycles. The molecule has 1 N–H and O–H groups in total. The van der Waals surface area contributed by atoms with Crippen molar-refractivity contribution in [1.29, 1.82) is 0 Å². The second-order valence-electron chi connectivity index (χ2n) is 7.29. The van der Waals surface area contributed by atoms with Gasteiger partial charge in [-0.25, -0.2) is 9.00 Å². The Morgan fingerprint density at radius 3 is 2.64 bits per heavy atom. The van der Waals surface area contributed by atoms with Crippen LogP contribution in [0.1, 0.15) is 24.2 Å². The summed E-state index contributed by atoms with van der Waals surface area (Å²) >= 11 is 7.42. The smallest absolute Gasteiger partial charge is 0.338 e. The average Bonchev–Trinajstić information content (AvgIpc) is 3.51. The van der Waals surface area contributed by atoms with Crippen molar-refractivity contribution < 1.29 is 28.0 Å². The van der Waals surface area contributed by atoms with Gasteiger partial charge in [0.05, 0.1) is 33.7 Å². The summed E-state index contributed by atoms with van der Waals surface area (Å²) in [5.41, 5.74) is 1.39. The normalized spacial score (nSPS) is 11.8. The minimum absolute atomic E-state index is 0.0617. The highest BCUT2D eigenvalue weighted by Gasteiger charge is 2.24. The van der Waals surface area contributed by atoms with Gasteiger partial charge < -0.3 is 19.0 Å². The van der Waals surface area contributed by atoms with Crippen LogP contribution in [-0.2, 0) is 15.7 Å². The maximum atomic E-state index is 13.5. The molecule has 12 heteroatoms. The van der Waals surface area contributed by atoms with Gasteiger partial charge in [0, 0.05) is 18.7 Å². The molecule has 188 valence electrons. The summed E-state index contributed by atoms with van der Waals surface area (Å²) in [7, 11) is -0.0923. The summed E-state index contributed by atoms with van der Waals surface area (Å²) in [6.07, 6.45) is 0. The Balaban J connectivity index is 1.63. The quantitative estimate of drug-likeness (QED) is 0.271. The van der Waals surface area contributed by atoms with Gasteiger partial charge in [-0.3, -0.25) is 4.31 Å². The summed E-state index contributed by atoms with van der Waals surface area (Å²) in [6, 6.07) is 13.0. The minimum Gasteiger partial charge on any atom is -0.504 e. The lowest BCUT2D eigenvalue weighted by Crippen LogP contribution is -2.20. The number of aromatic nitrogens is 2. The molecule has 2 heterocycles. The van der Waals surface area contributed by atoms with Gasteiger partial charge in [-0.05, 0) is 50.2 Å². The Morgan fingerprint density at radius 1 is 1.14 bits per heavy atom. The van der Waals surface area contributed by atoms with E-state index in [1.165, 1.54) is 10.4 Å². The predicted molar refractivity (Wildman–Crippen MR) is 138 cm³/mol. The first kappa shape index (κ1) is 25.7. The SMILES string of the molecule is CCOC(=O)c1cccc(-c2nnc(-c3sc(Cl)cc3S(=O)N(C)c3ccc(OCC)c(O)c3)o2)c1. The Bertz CT molecular complexity index is 1420. The van der Waals surface area contributed by atoms with Crippen molar-refractivity contribution in [1.82, 2.24) is 10.2 Å². The van der Waals surface area contributed by atoms with Gasteiger partial charge in [0.25, 0.3) is 5.89 Å². The van der Waals surface area contributed by atoms with Crippen molar-refractivity contribution in [2.24, 2.45) is 0 Å². The molecule has 0 aliphatic heterocycles. The Hall–Kier alpha value is -3.41. The highest BCUT2D eigenvalue weighted by Crippen LogP contribution is 2.40. The lowest BCUT2D eigenvalue weighted by atomic mass is 10.1. The highest BCUT2D eigenvalue weighted by atomic mass is 35.5. The number of benzene rings is 2. The molecule has 4 aromatic rings. The van der Waals surface area contributed by atoms with E-state index in [1.54, 1.807) is 56.4 Å². The molecule has 36 heavy (non-hydrogen) atoms. The van der Waals surface area contributed by atoms with E-state index in [4.69, 9.17) is 25.5 Å². The Labute approximate surface area is 218 Å². The first-order chi connectivity index (χ1) is 17.3. The molecule has 2 aromatic carbocycles. The van der Waals surface area contributed by atoms with Crippen molar-refractivity contribution in [2.75, 3.05) is 24.6 Å². The van der Waals surface area contributed by atoms with E-state index in [0.29, 0.717) is 43.3 Å². The molecule has 1 atom stereocenters. The number of nitrogens with zero attached hydrogens (tertiary/aromatic N) is 3. The largest absolute Gasteiger partial charge is 0.504 e. The van der Waals surface area contributed by atoms with Crippen LogP contribution in [0.2, 0.25) is 4.34 Å². The zero-order chi connectivity index (χ0) is 25.8. The lowest BCUT2D eigenvalue weighted by Gasteiger charge is -2.19. The molecule has 0 aliphatic rings. The number of halogens is 1. The second kappa shape index (κ2) is 11.1. The maximum Gasteiger partial charge on any atom is 0.338 e. The molecule has 0 aliphatic carbocycles. The van der Waals surface area contributed by atoms with Crippen LogP contribution in [0, 0.1) is 0 Å². The molecule has 0 radical (unpaired) electrons. The van der Waals surface area contributed by atoms with E-state index >= 15 is 0 Å². The molecule has 0 bridgehead atoms. The standard InChI is InChI=1S/C24H22ClN3O6S2/c1-4-32-18-10-9-16(12-17(18)29)28(3)36(31)19-13-20(25)35-21(19)23-27-26-22(34-23)14-7-6-8-15(11-14)24(30)33-5-2/h6-13,29H,4-5H2,1-3H3. The first-order valence-electron chi connectivity index (χ1n) is 10.8. The van der Waals surface area contributed by atoms with Gasteiger partial charge in [0.1, 0.15) is 4.88 Å². The molecule has 0 spiro atoms. The van der Waals surface area contributed by atoms with E-state index in [2.05, 4.69) is 10.2 Å². The molecule has 0 saturated heterocycles.